The lowest BCUT2D eigenvalue weighted by atomic mass is 9.97. The van der Waals surface area contributed by atoms with E-state index < -0.39 is 10.0 Å². The lowest BCUT2D eigenvalue weighted by molar-refractivity contribution is -0.120. The molecule has 1 amide bonds. The summed E-state index contributed by atoms with van der Waals surface area (Å²) < 4.78 is 30.1. The number of thiazole rings is 1. The fraction of sp³-hybridized carbons (Fsp3) is 0.364. The highest BCUT2D eigenvalue weighted by atomic mass is 32.2. The minimum Gasteiger partial charge on any atom is -0.326 e. The fourth-order valence-corrected chi connectivity index (χ4v) is 6.56. The smallest absolute Gasteiger partial charge is 0.308 e. The lowest BCUT2D eigenvalue weighted by Gasteiger charge is -2.30. The first-order valence-electron chi connectivity index (χ1n) is 10.3. The van der Waals surface area contributed by atoms with Crippen LogP contribution in [-0.4, -0.2) is 36.3 Å². The number of para-hydroxylation sites is 1. The number of amides is 1. The molecule has 1 saturated heterocycles. The topological polar surface area (TPSA) is 88.5 Å². The van der Waals surface area contributed by atoms with Gasteiger partial charge in [-0.05, 0) is 57.0 Å². The molecule has 0 bridgehead atoms. The number of hydrogen-bond donors (Lipinski definition) is 1. The average molecular weight is 460 g/mol. The van der Waals surface area contributed by atoms with E-state index in [0.29, 0.717) is 17.5 Å². The van der Waals surface area contributed by atoms with Gasteiger partial charge >= 0.3 is 4.87 Å². The van der Waals surface area contributed by atoms with Crippen LogP contribution in [0.1, 0.15) is 32.7 Å². The highest BCUT2D eigenvalue weighted by Crippen LogP contribution is 2.28. The number of fused-ring (bicyclic) bond motifs is 1. The van der Waals surface area contributed by atoms with Crippen LogP contribution >= 0.6 is 11.3 Å². The van der Waals surface area contributed by atoms with Gasteiger partial charge in [-0.25, -0.2) is 8.42 Å². The van der Waals surface area contributed by atoms with E-state index in [2.05, 4.69) is 5.32 Å². The second-order valence-electron chi connectivity index (χ2n) is 7.99. The second-order valence-corrected chi connectivity index (χ2v) is 10.9. The molecule has 2 heterocycles. The van der Waals surface area contributed by atoms with Gasteiger partial charge in [0, 0.05) is 30.7 Å². The van der Waals surface area contributed by atoms with Gasteiger partial charge in [0.1, 0.15) is 0 Å². The first kappa shape index (κ1) is 21.7. The quantitative estimate of drug-likeness (QED) is 0.630. The van der Waals surface area contributed by atoms with E-state index in [9.17, 15) is 18.0 Å². The molecule has 0 radical (unpaired) electrons. The Morgan fingerprint density at radius 2 is 1.77 bits per heavy atom. The number of anilines is 1. The zero-order chi connectivity index (χ0) is 22.2. The molecule has 164 valence electrons. The number of carbonyl (C=O) groups is 1. The Morgan fingerprint density at radius 1 is 1.10 bits per heavy atom. The molecular weight excluding hydrogens is 434 g/mol. The summed E-state index contributed by atoms with van der Waals surface area (Å²) in [5.41, 5.74) is 1.49. The van der Waals surface area contributed by atoms with Gasteiger partial charge in [-0.2, -0.15) is 4.31 Å². The van der Waals surface area contributed by atoms with Crippen LogP contribution < -0.4 is 10.2 Å². The number of carbonyl (C=O) groups excluding carboxylic acids is 1. The Morgan fingerprint density at radius 3 is 2.42 bits per heavy atom. The van der Waals surface area contributed by atoms with Gasteiger partial charge < -0.3 is 5.32 Å². The largest absolute Gasteiger partial charge is 0.326 e. The van der Waals surface area contributed by atoms with Crippen molar-refractivity contribution in [3.05, 3.63) is 58.2 Å². The van der Waals surface area contributed by atoms with Crippen molar-refractivity contribution in [2.24, 2.45) is 5.92 Å². The monoisotopic (exact) mass is 459 g/mol. The van der Waals surface area contributed by atoms with Crippen molar-refractivity contribution in [1.82, 2.24) is 8.87 Å². The number of nitrogens with zero attached hydrogens (tertiary/aromatic N) is 2. The van der Waals surface area contributed by atoms with Crippen molar-refractivity contribution >= 4 is 43.2 Å². The third kappa shape index (κ3) is 4.30. The molecule has 1 aromatic heterocycles. The standard InChI is InChI=1S/C22H25N3O4S2/c1-15(2)25-19-9-8-18(14-20(19)30-22(25)27)31(28,29)24-12-10-16(11-13-24)21(26)23-17-6-4-3-5-7-17/h3-9,14-16H,10-13H2,1-2H3,(H,23,26). The molecule has 4 rings (SSSR count). The number of nitrogens with one attached hydrogen (secondary N) is 1. The Bertz CT molecular complexity index is 1250. The van der Waals surface area contributed by atoms with Crippen LogP contribution in [-0.2, 0) is 14.8 Å². The van der Waals surface area contributed by atoms with Crippen molar-refractivity contribution in [2.45, 2.75) is 37.6 Å². The molecule has 0 spiro atoms. The number of benzene rings is 2. The molecule has 31 heavy (non-hydrogen) atoms. The Kier molecular flexibility index (Phi) is 6.00. The summed E-state index contributed by atoms with van der Waals surface area (Å²) in [4.78, 5) is 24.9. The summed E-state index contributed by atoms with van der Waals surface area (Å²) >= 11 is 1.06. The second kappa shape index (κ2) is 8.57. The highest BCUT2D eigenvalue weighted by molar-refractivity contribution is 7.89. The normalized spacial score (nSPS) is 16.1. The van der Waals surface area contributed by atoms with Crippen LogP contribution in [0, 0.1) is 5.92 Å². The molecule has 0 unspecified atom stereocenters. The maximum atomic E-state index is 13.2. The lowest BCUT2D eigenvalue weighted by Crippen LogP contribution is -2.41. The van der Waals surface area contributed by atoms with E-state index in [1.54, 1.807) is 22.8 Å². The van der Waals surface area contributed by atoms with Gasteiger partial charge in [-0.1, -0.05) is 29.5 Å². The van der Waals surface area contributed by atoms with Gasteiger partial charge in [0.15, 0.2) is 0 Å². The fourth-order valence-electron chi connectivity index (χ4n) is 3.94. The maximum Gasteiger partial charge on any atom is 0.308 e. The molecule has 3 aromatic rings. The summed E-state index contributed by atoms with van der Waals surface area (Å²) in [6, 6.07) is 14.1. The molecular formula is C22H25N3O4S2. The predicted molar refractivity (Wildman–Crippen MR) is 123 cm³/mol. The maximum absolute atomic E-state index is 13.2. The van der Waals surface area contributed by atoms with Crippen molar-refractivity contribution in [3.8, 4) is 0 Å². The Hall–Kier alpha value is -2.49. The van der Waals surface area contributed by atoms with Crippen molar-refractivity contribution < 1.29 is 13.2 Å². The minimum absolute atomic E-state index is 0.00441. The average Bonchev–Trinajstić information content (AvgIpc) is 3.09. The van der Waals surface area contributed by atoms with Gasteiger partial charge in [0.05, 0.1) is 15.1 Å². The van der Waals surface area contributed by atoms with Crippen LogP contribution in [0.15, 0.2) is 58.2 Å². The Labute approximate surface area is 185 Å². The molecule has 2 aromatic carbocycles. The number of hydrogen-bond acceptors (Lipinski definition) is 5. The van der Waals surface area contributed by atoms with Crippen molar-refractivity contribution in [3.63, 3.8) is 0 Å². The van der Waals surface area contributed by atoms with Gasteiger partial charge in [0.2, 0.25) is 15.9 Å². The zero-order valence-corrected chi connectivity index (χ0v) is 19.1. The minimum atomic E-state index is -3.69. The molecule has 1 aliphatic rings. The van der Waals surface area contributed by atoms with Crippen molar-refractivity contribution in [2.75, 3.05) is 18.4 Å². The molecule has 0 atom stereocenters. The van der Waals surface area contributed by atoms with E-state index in [0.717, 1.165) is 22.5 Å². The summed E-state index contributed by atoms with van der Waals surface area (Å²) in [5, 5.41) is 2.90. The molecule has 0 saturated carbocycles. The highest BCUT2D eigenvalue weighted by Gasteiger charge is 2.32. The SMILES string of the molecule is CC(C)n1c(=O)sc2cc(S(=O)(=O)N3CCC(C(=O)Nc4ccccc4)CC3)ccc21. The summed E-state index contributed by atoms with van der Waals surface area (Å²) in [5.74, 6) is -0.302. The van der Waals surface area contributed by atoms with Gasteiger partial charge in [-0.3, -0.25) is 14.2 Å². The number of piperidine rings is 1. The summed E-state index contributed by atoms with van der Waals surface area (Å²) in [6.45, 7) is 4.43. The molecule has 9 heteroatoms. The first-order valence-corrected chi connectivity index (χ1v) is 12.5. The first-order chi connectivity index (χ1) is 14.8. The number of aromatic nitrogens is 1. The van der Waals surface area contributed by atoms with Crippen LogP contribution in [0.3, 0.4) is 0 Å². The third-order valence-electron chi connectivity index (χ3n) is 5.60. The van der Waals surface area contributed by atoms with E-state index in [1.165, 1.54) is 4.31 Å². The predicted octanol–water partition coefficient (Wildman–Crippen LogP) is 3.68. The van der Waals surface area contributed by atoms with Gasteiger partial charge in [0.25, 0.3) is 0 Å². The molecule has 1 fully saturated rings. The van der Waals surface area contributed by atoms with E-state index >= 15 is 0 Å². The van der Waals surface area contributed by atoms with Crippen LogP contribution in [0.5, 0.6) is 0 Å². The van der Waals surface area contributed by atoms with Gasteiger partial charge in [-0.15, -0.1) is 0 Å². The summed E-state index contributed by atoms with van der Waals surface area (Å²) in [6.07, 6.45) is 0.939. The Balaban J connectivity index is 1.48. The zero-order valence-electron chi connectivity index (χ0n) is 17.4. The van der Waals surface area contributed by atoms with Crippen LogP contribution in [0.2, 0.25) is 0 Å². The van der Waals surface area contributed by atoms with Crippen LogP contribution in [0.25, 0.3) is 10.2 Å². The van der Waals surface area contributed by atoms with E-state index in [-0.39, 0.29) is 40.7 Å². The third-order valence-corrected chi connectivity index (χ3v) is 8.42. The van der Waals surface area contributed by atoms with E-state index in [1.807, 2.05) is 44.2 Å². The number of rotatable bonds is 5. The summed E-state index contributed by atoms with van der Waals surface area (Å²) in [7, 11) is -3.69. The molecule has 0 aliphatic carbocycles. The molecule has 7 nitrogen and oxygen atoms in total. The molecule has 1 N–H and O–H groups in total. The van der Waals surface area contributed by atoms with Crippen molar-refractivity contribution in [1.29, 1.82) is 0 Å². The van der Waals surface area contributed by atoms with Crippen LogP contribution in [0.4, 0.5) is 5.69 Å². The molecule has 1 aliphatic heterocycles. The van der Waals surface area contributed by atoms with E-state index in [4.69, 9.17) is 0 Å². The number of sulfonamides is 1.